The molecule has 0 spiro atoms. The van der Waals surface area contributed by atoms with Gasteiger partial charge < -0.3 is 16.0 Å². The number of hydrogen-bond donors (Lipinski definition) is 3. The van der Waals surface area contributed by atoms with Gasteiger partial charge in [-0.25, -0.2) is 4.39 Å². The van der Waals surface area contributed by atoms with Gasteiger partial charge in [0.15, 0.2) is 0 Å². The average Bonchev–Trinajstić information content (AvgIpc) is 2.43. The number of rotatable bonds is 4. The lowest BCUT2D eigenvalue weighted by atomic mass is 9.96. The Morgan fingerprint density at radius 1 is 1.38 bits per heavy atom. The van der Waals surface area contributed by atoms with E-state index in [0.717, 1.165) is 25.9 Å². The average molecular weight is 293 g/mol. The minimum atomic E-state index is -0.528. The third kappa shape index (κ3) is 4.82. The molecule has 1 fully saturated rings. The summed E-state index contributed by atoms with van der Waals surface area (Å²) in [6.45, 7) is 3.17. The Morgan fingerprint density at radius 3 is 2.86 bits per heavy atom. The zero-order valence-electron chi connectivity index (χ0n) is 12.0. The summed E-state index contributed by atoms with van der Waals surface area (Å²) < 4.78 is 13.5. The van der Waals surface area contributed by atoms with Crippen LogP contribution >= 0.6 is 0 Å². The summed E-state index contributed by atoms with van der Waals surface area (Å²) in [4.78, 5) is 23.0. The number of hydrogen-bond acceptors (Lipinski definition) is 3. The van der Waals surface area contributed by atoms with Crippen molar-refractivity contribution in [1.82, 2.24) is 5.32 Å². The van der Waals surface area contributed by atoms with Crippen molar-refractivity contribution in [2.75, 3.05) is 23.7 Å². The number of carbonyl (C=O) groups excluding carboxylic acids is 2. The molecule has 3 N–H and O–H groups in total. The summed E-state index contributed by atoms with van der Waals surface area (Å²) in [5.41, 5.74) is 0.550. The Bertz CT molecular complexity index is 528. The van der Waals surface area contributed by atoms with E-state index in [2.05, 4.69) is 16.0 Å². The summed E-state index contributed by atoms with van der Waals surface area (Å²) >= 11 is 0. The molecule has 5 nitrogen and oxygen atoms in total. The van der Waals surface area contributed by atoms with Crippen LogP contribution < -0.4 is 16.0 Å². The molecule has 1 unspecified atom stereocenters. The van der Waals surface area contributed by atoms with Crippen LogP contribution in [0.2, 0.25) is 0 Å². The van der Waals surface area contributed by atoms with Crippen molar-refractivity contribution in [3.63, 3.8) is 0 Å². The van der Waals surface area contributed by atoms with E-state index in [-0.39, 0.29) is 17.5 Å². The second-order valence-electron chi connectivity index (χ2n) is 5.34. The molecule has 1 saturated heterocycles. The lowest BCUT2D eigenvalue weighted by molar-refractivity contribution is -0.117. The zero-order valence-corrected chi connectivity index (χ0v) is 12.0. The molecule has 1 heterocycles. The Labute approximate surface area is 123 Å². The second kappa shape index (κ2) is 7.17. The molecule has 0 aromatic heterocycles. The third-order valence-electron chi connectivity index (χ3n) is 3.43. The van der Waals surface area contributed by atoms with Gasteiger partial charge in [-0.05, 0) is 50.0 Å². The van der Waals surface area contributed by atoms with Crippen molar-refractivity contribution in [3.8, 4) is 0 Å². The summed E-state index contributed by atoms with van der Waals surface area (Å²) in [6, 6.07) is 4.13. The molecule has 0 saturated carbocycles. The fourth-order valence-corrected chi connectivity index (χ4v) is 2.46. The van der Waals surface area contributed by atoms with E-state index >= 15 is 0 Å². The Balaban J connectivity index is 1.95. The molecule has 1 aliphatic heterocycles. The van der Waals surface area contributed by atoms with Crippen LogP contribution in [0.5, 0.6) is 0 Å². The third-order valence-corrected chi connectivity index (χ3v) is 3.43. The lowest BCUT2D eigenvalue weighted by Crippen LogP contribution is -2.32. The molecular formula is C15H20FN3O2. The second-order valence-corrected chi connectivity index (χ2v) is 5.34. The van der Waals surface area contributed by atoms with E-state index in [9.17, 15) is 14.0 Å². The van der Waals surface area contributed by atoms with Crippen LogP contribution in [0, 0.1) is 11.7 Å². The predicted octanol–water partition coefficient (Wildman–Crippen LogP) is 2.11. The lowest BCUT2D eigenvalue weighted by Gasteiger charge is -2.22. The zero-order chi connectivity index (χ0) is 15.2. The fraction of sp³-hybridized carbons (Fsp3) is 0.467. The molecule has 6 heteroatoms. The van der Waals surface area contributed by atoms with Crippen molar-refractivity contribution in [2.45, 2.75) is 26.2 Å². The maximum atomic E-state index is 13.5. The highest BCUT2D eigenvalue weighted by molar-refractivity contribution is 5.93. The van der Waals surface area contributed by atoms with Gasteiger partial charge in [-0.3, -0.25) is 9.59 Å². The van der Waals surface area contributed by atoms with E-state index in [1.54, 1.807) is 0 Å². The van der Waals surface area contributed by atoms with Gasteiger partial charge in [0.1, 0.15) is 5.82 Å². The van der Waals surface area contributed by atoms with Gasteiger partial charge in [0.2, 0.25) is 11.8 Å². The fourth-order valence-electron chi connectivity index (χ4n) is 2.46. The largest absolute Gasteiger partial charge is 0.326 e. The number of carbonyl (C=O) groups is 2. The minimum absolute atomic E-state index is 0.0691. The number of amides is 2. The maximum Gasteiger partial charge on any atom is 0.224 e. The number of halogens is 1. The molecule has 1 aromatic carbocycles. The summed E-state index contributed by atoms with van der Waals surface area (Å²) in [6.07, 6.45) is 2.57. The number of anilines is 2. The molecule has 114 valence electrons. The summed E-state index contributed by atoms with van der Waals surface area (Å²) in [5.74, 6) is -0.636. The number of benzene rings is 1. The van der Waals surface area contributed by atoms with Crippen LogP contribution in [-0.2, 0) is 9.59 Å². The van der Waals surface area contributed by atoms with Crippen molar-refractivity contribution in [2.24, 2.45) is 5.92 Å². The monoisotopic (exact) mass is 293 g/mol. The topological polar surface area (TPSA) is 70.2 Å². The molecule has 2 rings (SSSR count). The van der Waals surface area contributed by atoms with Gasteiger partial charge in [0.05, 0.1) is 5.69 Å². The smallest absolute Gasteiger partial charge is 0.224 e. The summed E-state index contributed by atoms with van der Waals surface area (Å²) in [7, 11) is 0. The SMILES string of the molecule is CC(=O)Nc1cc(NC(=O)CC2CCCNC2)ccc1F. The first-order valence-electron chi connectivity index (χ1n) is 7.12. The van der Waals surface area contributed by atoms with Gasteiger partial charge in [0, 0.05) is 19.0 Å². The van der Waals surface area contributed by atoms with E-state index in [0.29, 0.717) is 18.0 Å². The first-order chi connectivity index (χ1) is 10.0. The molecule has 1 aliphatic rings. The Hall–Kier alpha value is -1.95. The molecule has 0 radical (unpaired) electrons. The van der Waals surface area contributed by atoms with Gasteiger partial charge in [-0.2, -0.15) is 0 Å². The van der Waals surface area contributed by atoms with E-state index in [1.807, 2.05) is 0 Å². The normalized spacial score (nSPS) is 18.1. The maximum absolute atomic E-state index is 13.5. The highest BCUT2D eigenvalue weighted by Crippen LogP contribution is 2.21. The van der Waals surface area contributed by atoms with Gasteiger partial charge in [0.25, 0.3) is 0 Å². The van der Waals surface area contributed by atoms with Gasteiger partial charge in [-0.15, -0.1) is 0 Å². The van der Waals surface area contributed by atoms with Crippen LogP contribution in [0.3, 0.4) is 0 Å². The van der Waals surface area contributed by atoms with Crippen LogP contribution in [0.15, 0.2) is 18.2 Å². The van der Waals surface area contributed by atoms with E-state index in [1.165, 1.54) is 25.1 Å². The summed E-state index contributed by atoms with van der Waals surface area (Å²) in [5, 5.41) is 8.40. The highest BCUT2D eigenvalue weighted by Gasteiger charge is 2.17. The van der Waals surface area contributed by atoms with Crippen LogP contribution in [0.25, 0.3) is 0 Å². The Kier molecular flexibility index (Phi) is 5.27. The number of nitrogens with one attached hydrogen (secondary N) is 3. The van der Waals surface area contributed by atoms with Crippen molar-refractivity contribution in [1.29, 1.82) is 0 Å². The highest BCUT2D eigenvalue weighted by atomic mass is 19.1. The quantitative estimate of drug-likeness (QED) is 0.796. The first-order valence-corrected chi connectivity index (χ1v) is 7.12. The van der Waals surface area contributed by atoms with Crippen molar-refractivity contribution in [3.05, 3.63) is 24.0 Å². The first kappa shape index (κ1) is 15.4. The van der Waals surface area contributed by atoms with Crippen LogP contribution in [0.4, 0.5) is 15.8 Å². The van der Waals surface area contributed by atoms with Crippen LogP contribution in [-0.4, -0.2) is 24.9 Å². The predicted molar refractivity (Wildman–Crippen MR) is 79.5 cm³/mol. The Morgan fingerprint density at radius 2 is 2.19 bits per heavy atom. The van der Waals surface area contributed by atoms with Gasteiger partial charge in [-0.1, -0.05) is 0 Å². The standard InChI is InChI=1S/C15H20FN3O2/c1-10(20)18-14-8-12(4-5-13(14)16)19-15(21)7-11-3-2-6-17-9-11/h4-5,8,11,17H,2-3,6-7,9H2,1H3,(H,18,20)(H,19,21). The molecule has 21 heavy (non-hydrogen) atoms. The molecule has 0 aliphatic carbocycles. The minimum Gasteiger partial charge on any atom is -0.326 e. The van der Waals surface area contributed by atoms with Crippen LogP contribution in [0.1, 0.15) is 26.2 Å². The van der Waals surface area contributed by atoms with E-state index in [4.69, 9.17) is 0 Å². The van der Waals surface area contributed by atoms with E-state index < -0.39 is 5.82 Å². The van der Waals surface area contributed by atoms with Crippen molar-refractivity contribution >= 4 is 23.2 Å². The molecular weight excluding hydrogens is 273 g/mol. The van der Waals surface area contributed by atoms with Crippen molar-refractivity contribution < 1.29 is 14.0 Å². The van der Waals surface area contributed by atoms with Gasteiger partial charge >= 0.3 is 0 Å². The molecule has 1 atom stereocenters. The molecule has 2 amide bonds. The molecule has 1 aromatic rings. The number of piperidine rings is 1. The molecule has 0 bridgehead atoms.